The monoisotopic (exact) mass is 346 g/mol. The molecule has 0 saturated carbocycles. The average molecular weight is 347 g/mol. The molecule has 2 unspecified atom stereocenters. The minimum Gasteiger partial charge on any atom is -0.597 e. The van der Waals surface area contributed by atoms with E-state index >= 15 is 0 Å². The summed E-state index contributed by atoms with van der Waals surface area (Å²) in [5.41, 5.74) is 2.05. The maximum Gasteiger partial charge on any atom is 0.137 e. The van der Waals surface area contributed by atoms with Crippen LogP contribution in [-0.2, 0) is 11.4 Å². The number of nitrogens with zero attached hydrogens (tertiary/aromatic N) is 2. The average Bonchev–Trinajstić information content (AvgIpc) is 2.32. The Morgan fingerprint density at radius 2 is 2.05 bits per heavy atom. The second-order valence-electron chi connectivity index (χ2n) is 5.61. The van der Waals surface area contributed by atoms with Crippen LogP contribution in [0.4, 0.5) is 0 Å². The van der Waals surface area contributed by atoms with Gasteiger partial charge in [0.2, 0.25) is 0 Å². The third kappa shape index (κ3) is 4.18. The van der Waals surface area contributed by atoms with Crippen molar-refractivity contribution in [2.45, 2.75) is 52.3 Å². The third-order valence-corrected chi connectivity index (χ3v) is 5.86. The molecule has 0 aromatic carbocycles. The summed E-state index contributed by atoms with van der Waals surface area (Å²) in [5.74, 6) is 0. The van der Waals surface area contributed by atoms with Crippen LogP contribution in [0.5, 0.6) is 0 Å². The summed E-state index contributed by atoms with van der Waals surface area (Å²) < 4.78 is 15.3. The molecular weight excluding hydrogens is 324 g/mol. The molecule has 19 heavy (non-hydrogen) atoms. The lowest BCUT2D eigenvalue weighted by Crippen LogP contribution is -2.44. The van der Waals surface area contributed by atoms with Crippen molar-refractivity contribution >= 4 is 27.3 Å². The first-order valence-corrected chi connectivity index (χ1v) is 8.39. The van der Waals surface area contributed by atoms with Crippen LogP contribution in [0.1, 0.15) is 51.9 Å². The smallest absolute Gasteiger partial charge is 0.137 e. The van der Waals surface area contributed by atoms with Gasteiger partial charge in [-0.15, -0.1) is 4.31 Å². The topological polar surface area (TPSA) is 39.2 Å². The predicted octanol–water partition coefficient (Wildman–Crippen LogP) is 4.00. The lowest BCUT2D eigenvalue weighted by atomic mass is 10.1. The fraction of sp³-hybridized carbons (Fsp3) is 0.643. The van der Waals surface area contributed by atoms with E-state index in [1.165, 1.54) is 0 Å². The highest BCUT2D eigenvalue weighted by Crippen LogP contribution is 2.30. The Balaban J connectivity index is 3.01. The van der Waals surface area contributed by atoms with Gasteiger partial charge >= 0.3 is 0 Å². The zero-order valence-corrected chi connectivity index (χ0v) is 14.9. The Morgan fingerprint density at radius 3 is 2.47 bits per heavy atom. The third-order valence-electron chi connectivity index (χ3n) is 3.01. The van der Waals surface area contributed by atoms with Crippen molar-refractivity contribution in [3.8, 4) is 0 Å². The number of halogens is 1. The van der Waals surface area contributed by atoms with Gasteiger partial charge in [-0.25, -0.2) is 0 Å². The van der Waals surface area contributed by atoms with Crippen molar-refractivity contribution in [3.05, 3.63) is 28.0 Å². The Bertz CT molecular complexity index is 434. The van der Waals surface area contributed by atoms with Gasteiger partial charge in [0.15, 0.2) is 0 Å². The quantitative estimate of drug-likeness (QED) is 0.773. The highest BCUT2D eigenvalue weighted by molar-refractivity contribution is 9.10. The number of rotatable bonds is 4. The van der Waals surface area contributed by atoms with Crippen molar-refractivity contribution in [1.82, 2.24) is 9.29 Å². The zero-order chi connectivity index (χ0) is 14.8. The van der Waals surface area contributed by atoms with Gasteiger partial charge in [-0.1, -0.05) is 0 Å². The number of hydrogen-bond acceptors (Lipinski definition) is 3. The van der Waals surface area contributed by atoms with E-state index in [4.69, 9.17) is 0 Å². The van der Waals surface area contributed by atoms with Crippen LogP contribution in [0.3, 0.4) is 0 Å². The van der Waals surface area contributed by atoms with Crippen LogP contribution < -0.4 is 0 Å². The second-order valence-corrected chi connectivity index (χ2v) is 8.65. The van der Waals surface area contributed by atoms with Crippen LogP contribution >= 0.6 is 15.9 Å². The van der Waals surface area contributed by atoms with Crippen molar-refractivity contribution in [2.24, 2.45) is 0 Å². The summed E-state index contributed by atoms with van der Waals surface area (Å²) in [7, 11) is 0. The first-order chi connectivity index (χ1) is 8.68. The maximum atomic E-state index is 12.6. The lowest BCUT2D eigenvalue weighted by Gasteiger charge is -2.35. The van der Waals surface area contributed by atoms with Gasteiger partial charge in [-0.05, 0) is 69.1 Å². The molecule has 3 nitrogen and oxygen atoms in total. The molecule has 1 aromatic heterocycles. The molecule has 0 saturated heterocycles. The molecule has 2 atom stereocenters. The first kappa shape index (κ1) is 17.0. The van der Waals surface area contributed by atoms with Gasteiger partial charge in [0.05, 0.1) is 11.7 Å². The van der Waals surface area contributed by atoms with Gasteiger partial charge in [0.25, 0.3) is 0 Å². The van der Waals surface area contributed by atoms with E-state index in [2.05, 4.69) is 33.9 Å². The first-order valence-electron chi connectivity index (χ1n) is 6.49. The molecule has 0 radical (unpaired) electrons. The van der Waals surface area contributed by atoms with Crippen LogP contribution in [0.2, 0.25) is 0 Å². The summed E-state index contributed by atoms with van der Waals surface area (Å²) in [4.78, 5) is 4.37. The number of aryl methyl sites for hydroxylation is 1. The van der Waals surface area contributed by atoms with Gasteiger partial charge in [0, 0.05) is 28.6 Å². The fourth-order valence-electron chi connectivity index (χ4n) is 1.80. The highest BCUT2D eigenvalue weighted by atomic mass is 79.9. The molecule has 5 heteroatoms. The molecule has 0 spiro atoms. The van der Waals surface area contributed by atoms with Gasteiger partial charge < -0.3 is 4.55 Å². The van der Waals surface area contributed by atoms with Crippen molar-refractivity contribution in [3.63, 3.8) is 0 Å². The van der Waals surface area contributed by atoms with Crippen molar-refractivity contribution < 1.29 is 4.55 Å². The standard InChI is InChI=1S/C14H23BrN2OS/c1-7-17(19(18)14(4,5)6)11(3)12-8-13(15)10(2)16-9-12/h8-9,11H,7H2,1-6H3. The molecule has 1 aromatic rings. The van der Waals surface area contributed by atoms with Gasteiger partial charge in [0.1, 0.15) is 4.75 Å². The molecule has 1 rings (SSSR count). The molecule has 0 fully saturated rings. The molecule has 0 N–H and O–H groups in total. The molecular formula is C14H23BrN2OS. The van der Waals surface area contributed by atoms with E-state index < -0.39 is 11.4 Å². The maximum absolute atomic E-state index is 12.6. The minimum absolute atomic E-state index is 0.0782. The molecule has 0 aliphatic heterocycles. The van der Waals surface area contributed by atoms with Crippen molar-refractivity contribution in [1.29, 1.82) is 0 Å². The summed E-state index contributed by atoms with van der Waals surface area (Å²) in [6, 6.07) is 2.14. The number of pyridine rings is 1. The Morgan fingerprint density at radius 1 is 1.47 bits per heavy atom. The number of aromatic nitrogens is 1. The van der Waals surface area contributed by atoms with Crippen LogP contribution in [0.25, 0.3) is 0 Å². The Hall–Kier alpha value is -0.100. The fourth-order valence-corrected chi connectivity index (χ4v) is 3.52. The summed E-state index contributed by atoms with van der Waals surface area (Å²) >= 11 is 2.48. The zero-order valence-electron chi connectivity index (χ0n) is 12.5. The normalized spacial score (nSPS) is 15.6. The lowest BCUT2D eigenvalue weighted by molar-refractivity contribution is 0.344. The SMILES string of the molecule is CCN(C(C)c1cnc(C)c(Br)c1)[S+]([O-])C(C)(C)C. The van der Waals surface area contributed by atoms with E-state index in [1.807, 2.05) is 45.1 Å². The molecule has 0 bridgehead atoms. The van der Waals surface area contributed by atoms with E-state index in [-0.39, 0.29) is 10.8 Å². The molecule has 0 aliphatic rings. The second kappa shape index (κ2) is 6.57. The van der Waals surface area contributed by atoms with E-state index in [0.717, 1.165) is 22.3 Å². The summed E-state index contributed by atoms with van der Waals surface area (Å²) in [6.07, 6.45) is 1.87. The highest BCUT2D eigenvalue weighted by Gasteiger charge is 2.35. The molecule has 1 heterocycles. The molecule has 108 valence electrons. The van der Waals surface area contributed by atoms with Crippen LogP contribution in [0, 0.1) is 6.92 Å². The summed E-state index contributed by atoms with van der Waals surface area (Å²) in [5, 5.41) is 0. The molecule has 0 amide bonds. The van der Waals surface area contributed by atoms with E-state index in [1.54, 1.807) is 0 Å². The van der Waals surface area contributed by atoms with Gasteiger partial charge in [-0.2, -0.15) is 0 Å². The Kier molecular flexibility index (Phi) is 5.86. The largest absolute Gasteiger partial charge is 0.597 e. The van der Waals surface area contributed by atoms with Crippen LogP contribution in [0.15, 0.2) is 16.7 Å². The Labute approximate surface area is 128 Å². The van der Waals surface area contributed by atoms with Crippen LogP contribution in [-0.4, -0.2) is 25.1 Å². The van der Waals surface area contributed by atoms with Gasteiger partial charge in [-0.3, -0.25) is 4.98 Å². The predicted molar refractivity (Wildman–Crippen MR) is 85.4 cm³/mol. The van der Waals surface area contributed by atoms with E-state index in [9.17, 15) is 4.55 Å². The van der Waals surface area contributed by atoms with E-state index in [0.29, 0.717) is 0 Å². The molecule has 0 aliphatic carbocycles. The van der Waals surface area contributed by atoms with Crippen molar-refractivity contribution in [2.75, 3.05) is 6.54 Å². The summed E-state index contributed by atoms with van der Waals surface area (Å²) in [6.45, 7) is 12.8. The number of hydrogen-bond donors (Lipinski definition) is 0. The minimum atomic E-state index is -1.03.